The van der Waals surface area contributed by atoms with Crippen LogP contribution in [0.25, 0.3) is 0 Å². The summed E-state index contributed by atoms with van der Waals surface area (Å²) in [7, 11) is 0. The number of nitrogens with zero attached hydrogens (tertiary/aromatic N) is 1. The van der Waals surface area contributed by atoms with Crippen LogP contribution in [-0.4, -0.2) is 5.16 Å². The Balaban J connectivity index is 2.98. The van der Waals surface area contributed by atoms with E-state index in [4.69, 9.17) is 10.9 Å². The van der Waals surface area contributed by atoms with Crippen molar-refractivity contribution in [3.63, 3.8) is 0 Å². The molecule has 0 amide bonds. The standard InChI is InChI=1S/C10H13NO/c1-5-8-7-9(12-11-8)10(3,4)6-2/h1,7H,6H2,2-4H3. The van der Waals surface area contributed by atoms with E-state index in [9.17, 15) is 0 Å². The van der Waals surface area contributed by atoms with Crippen molar-refractivity contribution in [2.24, 2.45) is 0 Å². The van der Waals surface area contributed by atoms with Crippen molar-refractivity contribution in [3.05, 3.63) is 17.5 Å². The van der Waals surface area contributed by atoms with Gasteiger partial charge in [0.1, 0.15) is 5.76 Å². The second-order valence-corrected chi connectivity index (χ2v) is 3.46. The van der Waals surface area contributed by atoms with Gasteiger partial charge in [-0.3, -0.25) is 0 Å². The second kappa shape index (κ2) is 3.02. The van der Waals surface area contributed by atoms with Gasteiger partial charge in [0.15, 0.2) is 5.69 Å². The first-order valence-corrected chi connectivity index (χ1v) is 4.04. The maximum absolute atomic E-state index is 5.18. The average Bonchev–Trinajstić information content (AvgIpc) is 2.52. The molecule has 0 atom stereocenters. The molecule has 0 unspecified atom stereocenters. The molecule has 1 aromatic rings. The molecule has 1 heterocycles. The first-order valence-electron chi connectivity index (χ1n) is 4.04. The van der Waals surface area contributed by atoms with Crippen LogP contribution in [0.15, 0.2) is 10.6 Å². The molecule has 0 aromatic carbocycles. The summed E-state index contributed by atoms with van der Waals surface area (Å²) in [6, 6.07) is 1.82. The van der Waals surface area contributed by atoms with Crippen molar-refractivity contribution in [3.8, 4) is 12.3 Å². The Hall–Kier alpha value is -1.23. The molecule has 64 valence electrons. The molecule has 1 aromatic heterocycles. The molecule has 12 heavy (non-hydrogen) atoms. The summed E-state index contributed by atoms with van der Waals surface area (Å²) in [5.74, 6) is 3.30. The number of hydrogen-bond acceptors (Lipinski definition) is 2. The lowest BCUT2D eigenvalue weighted by atomic mass is 9.87. The summed E-state index contributed by atoms with van der Waals surface area (Å²) in [5, 5.41) is 3.74. The zero-order valence-corrected chi connectivity index (χ0v) is 7.72. The van der Waals surface area contributed by atoms with Gasteiger partial charge in [-0.1, -0.05) is 25.9 Å². The molecule has 0 saturated carbocycles. The monoisotopic (exact) mass is 163 g/mol. The highest BCUT2D eigenvalue weighted by atomic mass is 16.5. The zero-order valence-electron chi connectivity index (χ0n) is 7.72. The van der Waals surface area contributed by atoms with Crippen LogP contribution < -0.4 is 0 Å². The molecule has 2 heteroatoms. The van der Waals surface area contributed by atoms with Crippen molar-refractivity contribution < 1.29 is 4.52 Å². The van der Waals surface area contributed by atoms with E-state index in [-0.39, 0.29) is 5.41 Å². The molecule has 0 saturated heterocycles. The lowest BCUT2D eigenvalue weighted by Crippen LogP contribution is -2.13. The molecule has 0 fully saturated rings. The minimum absolute atomic E-state index is 0.0299. The van der Waals surface area contributed by atoms with Crippen molar-refractivity contribution in [1.82, 2.24) is 5.16 Å². The van der Waals surface area contributed by atoms with Gasteiger partial charge in [0.05, 0.1) is 0 Å². The average molecular weight is 163 g/mol. The minimum atomic E-state index is 0.0299. The maximum Gasteiger partial charge on any atom is 0.156 e. The largest absolute Gasteiger partial charge is 0.360 e. The van der Waals surface area contributed by atoms with Crippen molar-refractivity contribution >= 4 is 0 Å². The van der Waals surface area contributed by atoms with Crippen LogP contribution in [0.2, 0.25) is 0 Å². The van der Waals surface area contributed by atoms with Crippen LogP contribution in [-0.2, 0) is 5.41 Å². The van der Waals surface area contributed by atoms with Gasteiger partial charge in [-0.15, -0.1) is 6.42 Å². The summed E-state index contributed by atoms with van der Waals surface area (Å²) in [6.45, 7) is 6.32. The quantitative estimate of drug-likeness (QED) is 0.625. The molecule has 1 rings (SSSR count). The zero-order chi connectivity index (χ0) is 9.19. The molecular weight excluding hydrogens is 150 g/mol. The number of hydrogen-bond donors (Lipinski definition) is 0. The van der Waals surface area contributed by atoms with E-state index < -0.39 is 0 Å². The molecule has 0 radical (unpaired) electrons. The SMILES string of the molecule is C#Cc1cc(C(C)(C)CC)on1. The van der Waals surface area contributed by atoms with Gasteiger partial charge in [-0.05, 0) is 12.3 Å². The fourth-order valence-electron chi connectivity index (χ4n) is 0.836. The van der Waals surface area contributed by atoms with Gasteiger partial charge in [0, 0.05) is 11.5 Å². The lowest BCUT2D eigenvalue weighted by molar-refractivity contribution is 0.310. The highest BCUT2D eigenvalue weighted by Gasteiger charge is 2.22. The highest BCUT2D eigenvalue weighted by Crippen LogP contribution is 2.26. The van der Waals surface area contributed by atoms with Gasteiger partial charge in [-0.25, -0.2) is 0 Å². The van der Waals surface area contributed by atoms with E-state index in [0.29, 0.717) is 5.69 Å². The van der Waals surface area contributed by atoms with Crippen LogP contribution in [0.1, 0.15) is 38.6 Å². The molecule has 0 spiro atoms. The molecule has 0 aliphatic heterocycles. The number of rotatable bonds is 2. The van der Waals surface area contributed by atoms with E-state index in [1.54, 1.807) is 0 Å². The van der Waals surface area contributed by atoms with E-state index >= 15 is 0 Å². The third kappa shape index (κ3) is 1.50. The predicted octanol–water partition coefficient (Wildman–Crippen LogP) is 2.34. The van der Waals surface area contributed by atoms with Crippen LogP contribution in [0, 0.1) is 12.3 Å². The Bertz CT molecular complexity index is 304. The van der Waals surface area contributed by atoms with E-state index in [1.165, 1.54) is 0 Å². The van der Waals surface area contributed by atoms with Crippen LogP contribution in [0.4, 0.5) is 0 Å². The molecule has 0 N–H and O–H groups in total. The third-order valence-electron chi connectivity index (χ3n) is 2.21. The topological polar surface area (TPSA) is 26.0 Å². The Morgan fingerprint density at radius 1 is 1.67 bits per heavy atom. The van der Waals surface area contributed by atoms with Crippen LogP contribution in [0.5, 0.6) is 0 Å². The normalized spacial score (nSPS) is 11.2. The minimum Gasteiger partial charge on any atom is -0.360 e. The molecule has 0 aliphatic rings. The van der Waals surface area contributed by atoms with Gasteiger partial charge in [-0.2, -0.15) is 0 Å². The Labute approximate surface area is 73.0 Å². The van der Waals surface area contributed by atoms with E-state index in [0.717, 1.165) is 12.2 Å². The predicted molar refractivity (Wildman–Crippen MR) is 47.8 cm³/mol. The van der Waals surface area contributed by atoms with Gasteiger partial charge in [0.25, 0.3) is 0 Å². The van der Waals surface area contributed by atoms with E-state index in [1.807, 2.05) is 6.07 Å². The lowest BCUT2D eigenvalue weighted by Gasteiger charge is -2.17. The summed E-state index contributed by atoms with van der Waals surface area (Å²) >= 11 is 0. The third-order valence-corrected chi connectivity index (χ3v) is 2.21. The highest BCUT2D eigenvalue weighted by molar-refractivity contribution is 5.26. The fraction of sp³-hybridized carbons (Fsp3) is 0.500. The van der Waals surface area contributed by atoms with Crippen LogP contribution >= 0.6 is 0 Å². The molecule has 0 bridgehead atoms. The van der Waals surface area contributed by atoms with Gasteiger partial charge < -0.3 is 4.52 Å². The van der Waals surface area contributed by atoms with Crippen molar-refractivity contribution in [2.75, 3.05) is 0 Å². The Morgan fingerprint density at radius 2 is 2.33 bits per heavy atom. The fourth-order valence-corrected chi connectivity index (χ4v) is 0.836. The smallest absolute Gasteiger partial charge is 0.156 e. The maximum atomic E-state index is 5.18. The summed E-state index contributed by atoms with van der Waals surface area (Å²) < 4.78 is 5.12. The Morgan fingerprint density at radius 3 is 2.75 bits per heavy atom. The molecule has 2 nitrogen and oxygen atoms in total. The Kier molecular flexibility index (Phi) is 2.23. The molecule has 0 aliphatic carbocycles. The first kappa shape index (κ1) is 8.86. The summed E-state index contributed by atoms with van der Waals surface area (Å²) in [4.78, 5) is 0. The van der Waals surface area contributed by atoms with Crippen LogP contribution in [0.3, 0.4) is 0 Å². The van der Waals surface area contributed by atoms with E-state index in [2.05, 4.69) is 31.8 Å². The first-order chi connectivity index (χ1) is 5.60. The van der Waals surface area contributed by atoms with Gasteiger partial charge in [0.2, 0.25) is 0 Å². The summed E-state index contributed by atoms with van der Waals surface area (Å²) in [6.07, 6.45) is 6.18. The number of terminal acetylenes is 1. The second-order valence-electron chi connectivity index (χ2n) is 3.46. The number of aromatic nitrogens is 1. The summed E-state index contributed by atoms with van der Waals surface area (Å²) in [5.41, 5.74) is 0.605. The van der Waals surface area contributed by atoms with Gasteiger partial charge >= 0.3 is 0 Å². The molecular formula is C10H13NO. The van der Waals surface area contributed by atoms with Crippen molar-refractivity contribution in [1.29, 1.82) is 0 Å². The van der Waals surface area contributed by atoms with Crippen molar-refractivity contribution in [2.45, 2.75) is 32.6 Å².